The molecule has 0 aromatic heterocycles. The molecular formula is C24H29Cl3N2O2S. The van der Waals surface area contributed by atoms with Crippen molar-refractivity contribution in [1.82, 2.24) is 10.2 Å². The summed E-state index contributed by atoms with van der Waals surface area (Å²) in [4.78, 5) is 27.9. The van der Waals surface area contributed by atoms with Crippen LogP contribution in [0.15, 0.2) is 42.5 Å². The predicted molar refractivity (Wildman–Crippen MR) is 137 cm³/mol. The molecule has 0 radical (unpaired) electrons. The molecule has 0 aliphatic rings. The van der Waals surface area contributed by atoms with Crippen LogP contribution in [0.3, 0.4) is 0 Å². The van der Waals surface area contributed by atoms with Crippen LogP contribution in [0.25, 0.3) is 0 Å². The average Bonchev–Trinajstić information content (AvgIpc) is 2.76. The van der Waals surface area contributed by atoms with Gasteiger partial charge < -0.3 is 10.2 Å². The summed E-state index contributed by atoms with van der Waals surface area (Å²) in [6, 6.07) is 12.2. The van der Waals surface area contributed by atoms with E-state index in [2.05, 4.69) is 5.32 Å². The molecule has 174 valence electrons. The standard InChI is InChI=1S/C24H29Cl3N2O2S/c1-4-16(3)28-24(31)22(5-2)29(13-17-6-9-19(25)10-7-17)23(30)15-32-14-18-8-11-20(26)12-21(18)27/h6-12,16,22H,4-5,13-15H2,1-3H3,(H,28,31)/t16-,22-/m0/s1. The first-order valence-electron chi connectivity index (χ1n) is 10.6. The minimum Gasteiger partial charge on any atom is -0.352 e. The molecule has 2 aromatic rings. The minimum atomic E-state index is -0.549. The van der Waals surface area contributed by atoms with E-state index in [1.54, 1.807) is 29.2 Å². The number of nitrogens with zero attached hydrogens (tertiary/aromatic N) is 1. The maximum absolute atomic E-state index is 13.2. The van der Waals surface area contributed by atoms with Gasteiger partial charge in [0.05, 0.1) is 5.75 Å². The van der Waals surface area contributed by atoms with Crippen molar-refractivity contribution in [2.24, 2.45) is 0 Å². The first kappa shape index (κ1) is 26.8. The van der Waals surface area contributed by atoms with Gasteiger partial charge in [-0.15, -0.1) is 11.8 Å². The van der Waals surface area contributed by atoms with Crippen LogP contribution in [0.1, 0.15) is 44.7 Å². The van der Waals surface area contributed by atoms with Gasteiger partial charge in [0.1, 0.15) is 6.04 Å². The van der Waals surface area contributed by atoms with Crippen LogP contribution in [-0.2, 0) is 21.9 Å². The third-order valence-corrected chi connectivity index (χ3v) is 6.96. The van der Waals surface area contributed by atoms with Crippen molar-refractivity contribution >= 4 is 58.4 Å². The summed E-state index contributed by atoms with van der Waals surface area (Å²) in [5.74, 6) is 0.586. The van der Waals surface area contributed by atoms with Gasteiger partial charge in [-0.3, -0.25) is 9.59 Å². The summed E-state index contributed by atoms with van der Waals surface area (Å²) in [5, 5.41) is 4.80. The summed E-state index contributed by atoms with van der Waals surface area (Å²) in [6.45, 7) is 6.23. The van der Waals surface area contributed by atoms with E-state index in [0.29, 0.717) is 33.8 Å². The molecular weight excluding hydrogens is 487 g/mol. The van der Waals surface area contributed by atoms with Gasteiger partial charge >= 0.3 is 0 Å². The second-order valence-corrected chi connectivity index (χ2v) is 9.88. The first-order valence-corrected chi connectivity index (χ1v) is 12.9. The van der Waals surface area contributed by atoms with E-state index in [9.17, 15) is 9.59 Å². The van der Waals surface area contributed by atoms with Crippen LogP contribution in [-0.4, -0.2) is 34.6 Å². The molecule has 4 nitrogen and oxygen atoms in total. The summed E-state index contributed by atoms with van der Waals surface area (Å²) < 4.78 is 0. The molecule has 0 heterocycles. The van der Waals surface area contributed by atoms with E-state index in [0.717, 1.165) is 17.5 Å². The van der Waals surface area contributed by atoms with Crippen LogP contribution < -0.4 is 5.32 Å². The number of hydrogen-bond donors (Lipinski definition) is 1. The van der Waals surface area contributed by atoms with Crippen LogP contribution in [0, 0.1) is 0 Å². The summed E-state index contributed by atoms with van der Waals surface area (Å²) in [7, 11) is 0. The lowest BCUT2D eigenvalue weighted by atomic mass is 10.1. The molecule has 0 fully saturated rings. The molecule has 2 aromatic carbocycles. The Labute approximate surface area is 210 Å². The van der Waals surface area contributed by atoms with Crippen molar-refractivity contribution in [2.45, 2.75) is 58.0 Å². The van der Waals surface area contributed by atoms with Gasteiger partial charge in [-0.2, -0.15) is 0 Å². The van der Waals surface area contributed by atoms with Crippen LogP contribution >= 0.6 is 46.6 Å². The van der Waals surface area contributed by atoms with E-state index in [1.165, 1.54) is 11.8 Å². The van der Waals surface area contributed by atoms with Crippen molar-refractivity contribution in [1.29, 1.82) is 0 Å². The zero-order valence-electron chi connectivity index (χ0n) is 18.5. The topological polar surface area (TPSA) is 49.4 Å². The van der Waals surface area contributed by atoms with Gasteiger partial charge in [0, 0.05) is 33.4 Å². The fraction of sp³-hybridized carbons (Fsp3) is 0.417. The molecule has 0 spiro atoms. The van der Waals surface area contributed by atoms with Crippen molar-refractivity contribution in [3.8, 4) is 0 Å². The van der Waals surface area contributed by atoms with Gasteiger partial charge in [-0.05, 0) is 55.2 Å². The molecule has 1 N–H and O–H groups in total. The average molecular weight is 516 g/mol. The molecule has 2 amide bonds. The highest BCUT2D eigenvalue weighted by Crippen LogP contribution is 2.25. The number of carbonyl (C=O) groups excluding carboxylic acids is 2. The van der Waals surface area contributed by atoms with E-state index >= 15 is 0 Å². The normalized spacial score (nSPS) is 12.8. The Kier molecular flexibility index (Phi) is 11.2. The summed E-state index contributed by atoms with van der Waals surface area (Å²) in [5.41, 5.74) is 1.84. The van der Waals surface area contributed by atoms with Gasteiger partial charge in [0.15, 0.2) is 0 Å². The molecule has 2 rings (SSSR count). The molecule has 2 atom stereocenters. The summed E-state index contributed by atoms with van der Waals surface area (Å²) in [6.07, 6.45) is 1.35. The Hall–Kier alpha value is -1.40. The first-order chi connectivity index (χ1) is 15.2. The van der Waals surface area contributed by atoms with Crippen molar-refractivity contribution < 1.29 is 9.59 Å². The maximum Gasteiger partial charge on any atom is 0.243 e. The van der Waals surface area contributed by atoms with Crippen molar-refractivity contribution in [3.05, 3.63) is 68.7 Å². The summed E-state index contributed by atoms with van der Waals surface area (Å²) >= 11 is 19.7. The lowest BCUT2D eigenvalue weighted by Crippen LogP contribution is -2.51. The fourth-order valence-corrected chi connectivity index (χ4v) is 4.71. The van der Waals surface area contributed by atoms with E-state index in [-0.39, 0.29) is 23.6 Å². The minimum absolute atomic E-state index is 0.0467. The second kappa shape index (κ2) is 13.3. The second-order valence-electron chi connectivity index (χ2n) is 7.62. The smallest absolute Gasteiger partial charge is 0.243 e. The molecule has 0 saturated carbocycles. The van der Waals surface area contributed by atoms with Gasteiger partial charge in [-0.25, -0.2) is 0 Å². The van der Waals surface area contributed by atoms with Crippen molar-refractivity contribution in [3.63, 3.8) is 0 Å². The quantitative estimate of drug-likeness (QED) is 0.367. The number of thioether (sulfide) groups is 1. The van der Waals surface area contributed by atoms with Crippen LogP contribution in [0.4, 0.5) is 0 Å². The zero-order chi connectivity index (χ0) is 23.7. The number of halogens is 3. The third kappa shape index (κ3) is 8.18. The highest BCUT2D eigenvalue weighted by molar-refractivity contribution is 7.99. The number of hydrogen-bond acceptors (Lipinski definition) is 3. The molecule has 8 heteroatoms. The molecule has 0 aliphatic carbocycles. The molecule has 0 saturated heterocycles. The zero-order valence-corrected chi connectivity index (χ0v) is 21.6. The van der Waals surface area contributed by atoms with Gasteiger partial charge in [0.25, 0.3) is 0 Å². The number of rotatable bonds is 11. The Morgan fingerprint density at radius 2 is 1.66 bits per heavy atom. The maximum atomic E-state index is 13.2. The third-order valence-electron chi connectivity index (χ3n) is 5.15. The fourth-order valence-electron chi connectivity index (χ4n) is 3.12. The SMILES string of the molecule is CC[C@H](C)NC(=O)[C@H](CC)N(Cc1ccc(Cl)cc1)C(=O)CSCc1ccc(Cl)cc1Cl. The van der Waals surface area contributed by atoms with Crippen LogP contribution in [0.2, 0.25) is 15.1 Å². The monoisotopic (exact) mass is 514 g/mol. The largest absolute Gasteiger partial charge is 0.352 e. The van der Waals surface area contributed by atoms with E-state index in [1.807, 2.05) is 39.0 Å². The molecule has 32 heavy (non-hydrogen) atoms. The Morgan fingerprint density at radius 1 is 1.00 bits per heavy atom. The number of amides is 2. The number of benzene rings is 2. The van der Waals surface area contributed by atoms with Crippen molar-refractivity contribution in [2.75, 3.05) is 5.75 Å². The number of nitrogens with one attached hydrogen (secondary N) is 1. The highest BCUT2D eigenvalue weighted by Gasteiger charge is 2.29. The lowest BCUT2D eigenvalue weighted by Gasteiger charge is -2.31. The molecule has 0 bridgehead atoms. The highest BCUT2D eigenvalue weighted by atomic mass is 35.5. The van der Waals surface area contributed by atoms with Gasteiger partial charge in [0.2, 0.25) is 11.8 Å². The Bertz CT molecular complexity index is 909. The Balaban J connectivity index is 2.14. The van der Waals surface area contributed by atoms with E-state index in [4.69, 9.17) is 34.8 Å². The Morgan fingerprint density at radius 3 is 2.25 bits per heavy atom. The lowest BCUT2D eigenvalue weighted by molar-refractivity contribution is -0.139. The number of carbonyl (C=O) groups is 2. The van der Waals surface area contributed by atoms with Gasteiger partial charge in [-0.1, -0.05) is 66.8 Å². The van der Waals surface area contributed by atoms with E-state index < -0.39 is 6.04 Å². The predicted octanol–water partition coefficient (Wildman–Crippen LogP) is 6.60. The molecule has 0 unspecified atom stereocenters. The molecule has 0 aliphatic heterocycles. The van der Waals surface area contributed by atoms with Crippen LogP contribution in [0.5, 0.6) is 0 Å².